The Morgan fingerprint density at radius 1 is 1.44 bits per heavy atom. The molecule has 0 saturated heterocycles. The van der Waals surface area contributed by atoms with Crippen molar-refractivity contribution in [2.24, 2.45) is 5.92 Å². The van der Waals surface area contributed by atoms with Gasteiger partial charge >= 0.3 is 0 Å². The van der Waals surface area contributed by atoms with Gasteiger partial charge in [0.05, 0.1) is 11.2 Å². The van der Waals surface area contributed by atoms with Crippen LogP contribution in [0.1, 0.15) is 20.3 Å². The summed E-state index contributed by atoms with van der Waals surface area (Å²) in [7, 11) is 0. The number of nitrogens with two attached hydrogens (primary N) is 1. The number of aromatic nitrogens is 1. The minimum Gasteiger partial charge on any atom is -0.398 e. The maximum absolute atomic E-state index is 5.99. The molecule has 1 unspecified atom stereocenters. The lowest BCUT2D eigenvalue weighted by atomic mass is 10.1. The summed E-state index contributed by atoms with van der Waals surface area (Å²) >= 11 is 3.43. The first kappa shape index (κ1) is 13.1. The largest absolute Gasteiger partial charge is 0.398 e. The number of fused-ring (bicyclic) bond motifs is 1. The Bertz CT molecular complexity index is 554. The number of hydrogen-bond acceptors (Lipinski definition) is 3. The zero-order valence-corrected chi connectivity index (χ0v) is 12.3. The molecular weight excluding hydrogens is 290 g/mol. The van der Waals surface area contributed by atoms with E-state index in [4.69, 9.17) is 5.73 Å². The maximum Gasteiger partial charge on any atom is 0.0954 e. The number of nitrogens with zero attached hydrogens (tertiary/aromatic N) is 1. The van der Waals surface area contributed by atoms with Gasteiger partial charge in [-0.25, -0.2) is 0 Å². The first-order valence-corrected chi connectivity index (χ1v) is 6.98. The van der Waals surface area contributed by atoms with Gasteiger partial charge in [0, 0.05) is 28.3 Å². The highest BCUT2D eigenvalue weighted by atomic mass is 79.9. The molecule has 18 heavy (non-hydrogen) atoms. The van der Waals surface area contributed by atoms with Gasteiger partial charge in [-0.05, 0) is 40.0 Å². The monoisotopic (exact) mass is 307 g/mol. The molecule has 0 aliphatic rings. The van der Waals surface area contributed by atoms with Crippen LogP contribution in [0.25, 0.3) is 10.9 Å². The smallest absolute Gasteiger partial charge is 0.0954 e. The summed E-state index contributed by atoms with van der Waals surface area (Å²) in [4.78, 5) is 4.46. The summed E-state index contributed by atoms with van der Waals surface area (Å²) in [6.45, 7) is 5.38. The van der Waals surface area contributed by atoms with E-state index in [1.54, 1.807) is 6.20 Å². The molecule has 0 aliphatic carbocycles. The molecule has 0 radical (unpaired) electrons. The lowest BCUT2D eigenvalue weighted by Crippen LogP contribution is -2.10. The summed E-state index contributed by atoms with van der Waals surface area (Å²) < 4.78 is 0.945. The van der Waals surface area contributed by atoms with Gasteiger partial charge in [-0.2, -0.15) is 0 Å². The van der Waals surface area contributed by atoms with E-state index in [1.165, 1.54) is 6.42 Å². The fourth-order valence-electron chi connectivity index (χ4n) is 1.79. The third-order valence-corrected chi connectivity index (χ3v) is 3.62. The molecule has 1 atom stereocenters. The molecule has 2 rings (SSSR count). The Kier molecular flexibility index (Phi) is 4.07. The van der Waals surface area contributed by atoms with Crippen molar-refractivity contribution in [3.63, 3.8) is 0 Å². The quantitative estimate of drug-likeness (QED) is 0.838. The van der Waals surface area contributed by atoms with Gasteiger partial charge in [0.2, 0.25) is 0 Å². The number of pyridine rings is 1. The van der Waals surface area contributed by atoms with Gasteiger partial charge in [0.15, 0.2) is 0 Å². The summed E-state index contributed by atoms with van der Waals surface area (Å²) in [5, 5.41) is 4.44. The standard InChI is InChI=1S/C14H18BrN3/c1-3-9(2)7-17-13-5-4-12(16)11-6-10(15)8-18-14(11)13/h4-6,8-9,17H,3,7,16H2,1-2H3. The molecule has 1 aromatic carbocycles. The second-order valence-electron chi connectivity index (χ2n) is 4.65. The van der Waals surface area contributed by atoms with Crippen molar-refractivity contribution >= 4 is 38.2 Å². The van der Waals surface area contributed by atoms with Crippen LogP contribution in [-0.4, -0.2) is 11.5 Å². The van der Waals surface area contributed by atoms with Crippen molar-refractivity contribution < 1.29 is 0 Å². The second kappa shape index (κ2) is 5.57. The summed E-state index contributed by atoms with van der Waals surface area (Å²) in [5.41, 5.74) is 8.72. The molecule has 3 nitrogen and oxygen atoms in total. The number of anilines is 2. The predicted molar refractivity (Wildman–Crippen MR) is 81.8 cm³/mol. The highest BCUT2D eigenvalue weighted by Crippen LogP contribution is 2.28. The second-order valence-corrected chi connectivity index (χ2v) is 5.56. The molecular formula is C14H18BrN3. The van der Waals surface area contributed by atoms with E-state index in [0.29, 0.717) is 5.92 Å². The van der Waals surface area contributed by atoms with Crippen LogP contribution in [0.4, 0.5) is 11.4 Å². The minimum absolute atomic E-state index is 0.646. The average Bonchev–Trinajstić information content (AvgIpc) is 2.38. The van der Waals surface area contributed by atoms with Crippen molar-refractivity contribution in [3.8, 4) is 0 Å². The Morgan fingerprint density at radius 2 is 2.22 bits per heavy atom. The molecule has 0 amide bonds. The van der Waals surface area contributed by atoms with Gasteiger partial charge in [0.1, 0.15) is 0 Å². The Morgan fingerprint density at radius 3 is 2.94 bits per heavy atom. The minimum atomic E-state index is 0.646. The highest BCUT2D eigenvalue weighted by Gasteiger charge is 2.07. The maximum atomic E-state index is 5.99. The molecule has 0 spiro atoms. The van der Waals surface area contributed by atoms with Gasteiger partial charge < -0.3 is 11.1 Å². The van der Waals surface area contributed by atoms with Crippen LogP contribution in [0.5, 0.6) is 0 Å². The van der Waals surface area contributed by atoms with E-state index < -0.39 is 0 Å². The van der Waals surface area contributed by atoms with E-state index >= 15 is 0 Å². The van der Waals surface area contributed by atoms with Crippen LogP contribution in [0.2, 0.25) is 0 Å². The van der Waals surface area contributed by atoms with Crippen LogP contribution < -0.4 is 11.1 Å². The normalized spacial score (nSPS) is 12.6. The summed E-state index contributed by atoms with van der Waals surface area (Å²) in [5.74, 6) is 0.646. The molecule has 2 aromatic rings. The molecule has 0 saturated carbocycles. The van der Waals surface area contributed by atoms with Crippen LogP contribution in [0, 0.1) is 5.92 Å². The molecule has 3 N–H and O–H groups in total. The van der Waals surface area contributed by atoms with E-state index in [1.807, 2.05) is 18.2 Å². The number of hydrogen-bond donors (Lipinski definition) is 2. The first-order valence-electron chi connectivity index (χ1n) is 6.19. The van der Waals surface area contributed by atoms with E-state index in [0.717, 1.165) is 33.3 Å². The van der Waals surface area contributed by atoms with Crippen molar-refractivity contribution in [1.29, 1.82) is 0 Å². The van der Waals surface area contributed by atoms with Crippen molar-refractivity contribution in [1.82, 2.24) is 4.98 Å². The lowest BCUT2D eigenvalue weighted by Gasteiger charge is -2.14. The topological polar surface area (TPSA) is 50.9 Å². The van der Waals surface area contributed by atoms with Crippen molar-refractivity contribution in [2.75, 3.05) is 17.6 Å². The third-order valence-electron chi connectivity index (χ3n) is 3.19. The average molecular weight is 308 g/mol. The lowest BCUT2D eigenvalue weighted by molar-refractivity contribution is 0.594. The fourth-order valence-corrected chi connectivity index (χ4v) is 2.12. The van der Waals surface area contributed by atoms with Gasteiger partial charge in [-0.15, -0.1) is 0 Å². The Hall–Kier alpha value is -1.29. The fraction of sp³-hybridized carbons (Fsp3) is 0.357. The van der Waals surface area contributed by atoms with Gasteiger partial charge in [0.25, 0.3) is 0 Å². The summed E-state index contributed by atoms with van der Waals surface area (Å²) in [6.07, 6.45) is 2.97. The molecule has 0 fully saturated rings. The predicted octanol–water partition coefficient (Wildman–Crippen LogP) is 4.04. The summed E-state index contributed by atoms with van der Waals surface area (Å²) in [6, 6.07) is 5.93. The van der Waals surface area contributed by atoms with Gasteiger partial charge in [-0.3, -0.25) is 4.98 Å². The van der Waals surface area contributed by atoms with E-state index in [2.05, 4.69) is 40.1 Å². The molecule has 4 heteroatoms. The number of rotatable bonds is 4. The number of benzene rings is 1. The van der Waals surface area contributed by atoms with E-state index in [9.17, 15) is 0 Å². The van der Waals surface area contributed by atoms with Crippen LogP contribution >= 0.6 is 15.9 Å². The van der Waals surface area contributed by atoms with Crippen LogP contribution in [-0.2, 0) is 0 Å². The van der Waals surface area contributed by atoms with Crippen molar-refractivity contribution in [3.05, 3.63) is 28.9 Å². The zero-order valence-electron chi connectivity index (χ0n) is 10.7. The van der Waals surface area contributed by atoms with Crippen LogP contribution in [0.3, 0.4) is 0 Å². The molecule has 0 aliphatic heterocycles. The highest BCUT2D eigenvalue weighted by molar-refractivity contribution is 9.10. The first-order chi connectivity index (χ1) is 8.61. The van der Waals surface area contributed by atoms with Crippen molar-refractivity contribution in [2.45, 2.75) is 20.3 Å². The SMILES string of the molecule is CCC(C)CNc1ccc(N)c2cc(Br)cnc12. The molecule has 96 valence electrons. The Labute approximate surface area is 116 Å². The van der Waals surface area contributed by atoms with Gasteiger partial charge in [-0.1, -0.05) is 20.3 Å². The number of nitrogens with one attached hydrogen (secondary N) is 1. The van der Waals surface area contributed by atoms with Crippen LogP contribution in [0.15, 0.2) is 28.9 Å². The third kappa shape index (κ3) is 2.75. The van der Waals surface area contributed by atoms with E-state index in [-0.39, 0.29) is 0 Å². The Balaban J connectivity index is 2.37. The molecule has 1 aromatic heterocycles. The zero-order chi connectivity index (χ0) is 13.1. The number of nitrogen functional groups attached to an aromatic ring is 1. The number of halogens is 1. The molecule has 1 heterocycles. The molecule has 0 bridgehead atoms.